The highest BCUT2D eigenvalue weighted by molar-refractivity contribution is 5.68. The lowest BCUT2D eigenvalue weighted by Crippen LogP contribution is -1.78. The van der Waals surface area contributed by atoms with Crippen molar-refractivity contribution in [3.05, 3.63) is 18.2 Å². The van der Waals surface area contributed by atoms with Crippen molar-refractivity contribution >= 4 is 13.1 Å². The molecule has 0 spiro atoms. The molecular weight excluding hydrogens is 120 g/mol. The summed E-state index contributed by atoms with van der Waals surface area (Å²) in [5.74, 6) is 0.375. The number of nitrogens with one attached hydrogen (secondary N) is 1. The lowest BCUT2D eigenvalue weighted by Gasteiger charge is -1.68. The monoisotopic (exact) mass is 126 g/mol. The fourth-order valence-corrected chi connectivity index (χ4v) is 0.342. The van der Waals surface area contributed by atoms with E-state index >= 15 is 0 Å². The van der Waals surface area contributed by atoms with Crippen molar-refractivity contribution < 1.29 is 9.59 Å². The van der Waals surface area contributed by atoms with Gasteiger partial charge in [0.1, 0.15) is 6.79 Å². The largest absolute Gasteiger partial charge is 0.342 e. The fraction of sp³-hybridized carbons (Fsp3) is 0. The summed E-state index contributed by atoms with van der Waals surface area (Å²) in [6.45, 7) is 2.00. The Hall–Kier alpha value is -1.45. The zero-order chi connectivity index (χ0) is 7.11. The van der Waals surface area contributed by atoms with Crippen LogP contribution in [0.5, 0.6) is 0 Å². The van der Waals surface area contributed by atoms with Gasteiger partial charge in [-0.3, -0.25) is 4.79 Å². The van der Waals surface area contributed by atoms with E-state index in [2.05, 4.69) is 9.97 Å². The van der Waals surface area contributed by atoms with Gasteiger partial charge in [0.15, 0.2) is 12.1 Å². The van der Waals surface area contributed by atoms with E-state index in [4.69, 9.17) is 4.79 Å². The van der Waals surface area contributed by atoms with E-state index in [0.717, 1.165) is 0 Å². The van der Waals surface area contributed by atoms with Crippen molar-refractivity contribution in [1.29, 1.82) is 0 Å². The van der Waals surface area contributed by atoms with Crippen LogP contribution in [0.15, 0.2) is 12.4 Å². The van der Waals surface area contributed by atoms with Crippen LogP contribution < -0.4 is 0 Å². The molecule has 1 aromatic heterocycles. The van der Waals surface area contributed by atoms with Crippen LogP contribution in [0.3, 0.4) is 0 Å². The normalized spacial score (nSPS) is 7.11. The molecule has 0 aliphatic rings. The van der Waals surface area contributed by atoms with Crippen LogP contribution in [-0.4, -0.2) is 23.0 Å². The SMILES string of the molecule is C=O.O=Cc1ncc[nH]1. The second-order valence-corrected chi connectivity index (χ2v) is 1.09. The molecule has 0 radical (unpaired) electrons. The van der Waals surface area contributed by atoms with Gasteiger partial charge in [-0.2, -0.15) is 0 Å². The van der Waals surface area contributed by atoms with Crippen LogP contribution >= 0.6 is 0 Å². The van der Waals surface area contributed by atoms with Gasteiger partial charge in [-0.15, -0.1) is 0 Å². The second kappa shape index (κ2) is 4.70. The number of rotatable bonds is 1. The molecule has 4 nitrogen and oxygen atoms in total. The van der Waals surface area contributed by atoms with E-state index in [9.17, 15) is 4.79 Å². The fourth-order valence-electron chi connectivity index (χ4n) is 0.342. The summed E-state index contributed by atoms with van der Waals surface area (Å²) in [4.78, 5) is 24.0. The first-order valence-electron chi connectivity index (χ1n) is 2.17. The van der Waals surface area contributed by atoms with Crippen molar-refractivity contribution in [2.24, 2.45) is 0 Å². The maximum atomic E-state index is 9.77. The molecule has 48 valence electrons. The molecule has 1 aromatic rings. The number of nitrogens with zero attached hydrogens (tertiary/aromatic N) is 1. The van der Waals surface area contributed by atoms with Gasteiger partial charge in [-0.05, 0) is 0 Å². The van der Waals surface area contributed by atoms with Crippen LogP contribution in [0.1, 0.15) is 10.6 Å². The minimum absolute atomic E-state index is 0.375. The average molecular weight is 126 g/mol. The highest BCUT2D eigenvalue weighted by Crippen LogP contribution is 1.77. The molecule has 1 heterocycles. The van der Waals surface area contributed by atoms with Crippen molar-refractivity contribution in [2.45, 2.75) is 0 Å². The Balaban J connectivity index is 0.000000291. The highest BCUT2D eigenvalue weighted by Gasteiger charge is 1.82. The summed E-state index contributed by atoms with van der Waals surface area (Å²) in [5.41, 5.74) is 0. The predicted octanol–water partition coefficient (Wildman–Crippen LogP) is 0.0373. The quantitative estimate of drug-likeness (QED) is 0.540. The zero-order valence-electron chi connectivity index (χ0n) is 4.70. The van der Waals surface area contributed by atoms with Crippen molar-refractivity contribution in [3.8, 4) is 0 Å². The molecular formula is C5H6N2O2. The number of aldehydes is 1. The third kappa shape index (κ3) is 2.38. The van der Waals surface area contributed by atoms with Gasteiger partial charge in [0.05, 0.1) is 0 Å². The van der Waals surface area contributed by atoms with Crippen LogP contribution in [-0.2, 0) is 4.79 Å². The van der Waals surface area contributed by atoms with Gasteiger partial charge in [0, 0.05) is 12.4 Å². The molecule has 0 unspecified atom stereocenters. The number of hydrogen-bond acceptors (Lipinski definition) is 3. The molecule has 1 rings (SSSR count). The minimum Gasteiger partial charge on any atom is -0.342 e. The Morgan fingerprint density at radius 2 is 2.33 bits per heavy atom. The molecule has 0 fully saturated rings. The van der Waals surface area contributed by atoms with E-state index in [1.807, 2.05) is 6.79 Å². The van der Waals surface area contributed by atoms with Gasteiger partial charge in [0.25, 0.3) is 0 Å². The van der Waals surface area contributed by atoms with Crippen LogP contribution in [0.2, 0.25) is 0 Å². The first-order valence-corrected chi connectivity index (χ1v) is 2.17. The smallest absolute Gasteiger partial charge is 0.185 e. The summed E-state index contributed by atoms with van der Waals surface area (Å²) >= 11 is 0. The van der Waals surface area contributed by atoms with Gasteiger partial charge in [0.2, 0.25) is 0 Å². The number of imidazole rings is 1. The topological polar surface area (TPSA) is 62.8 Å². The Kier molecular flexibility index (Phi) is 3.95. The zero-order valence-corrected chi connectivity index (χ0v) is 4.70. The van der Waals surface area contributed by atoms with E-state index in [-0.39, 0.29) is 0 Å². The lowest BCUT2D eigenvalue weighted by atomic mass is 10.7. The first kappa shape index (κ1) is 7.55. The number of aromatic nitrogens is 2. The summed E-state index contributed by atoms with van der Waals surface area (Å²) in [5, 5.41) is 0. The third-order valence-electron chi connectivity index (χ3n) is 0.631. The molecule has 0 saturated heterocycles. The van der Waals surface area contributed by atoms with E-state index in [1.54, 1.807) is 6.20 Å². The standard InChI is InChI=1S/C4H4N2O.CH2O/c7-3-4-5-1-2-6-4;1-2/h1-3H,(H,5,6);1H2. The maximum absolute atomic E-state index is 9.77. The molecule has 1 N–H and O–H groups in total. The number of aromatic amines is 1. The Morgan fingerprint density at radius 3 is 2.56 bits per heavy atom. The van der Waals surface area contributed by atoms with Crippen molar-refractivity contribution in [1.82, 2.24) is 9.97 Å². The van der Waals surface area contributed by atoms with Crippen molar-refractivity contribution in [3.63, 3.8) is 0 Å². The van der Waals surface area contributed by atoms with E-state index in [0.29, 0.717) is 12.1 Å². The molecule has 0 bridgehead atoms. The van der Waals surface area contributed by atoms with Crippen LogP contribution in [0.4, 0.5) is 0 Å². The van der Waals surface area contributed by atoms with Crippen molar-refractivity contribution in [2.75, 3.05) is 0 Å². The van der Waals surface area contributed by atoms with Crippen LogP contribution in [0, 0.1) is 0 Å². The van der Waals surface area contributed by atoms with Crippen LogP contribution in [0.25, 0.3) is 0 Å². The molecule has 0 aliphatic heterocycles. The van der Waals surface area contributed by atoms with E-state index < -0.39 is 0 Å². The molecule has 0 aliphatic carbocycles. The first-order chi connectivity index (χ1) is 4.43. The highest BCUT2D eigenvalue weighted by atomic mass is 16.1. The Labute approximate surface area is 51.9 Å². The number of hydrogen-bond donors (Lipinski definition) is 1. The molecule has 4 heteroatoms. The van der Waals surface area contributed by atoms with E-state index in [1.165, 1.54) is 6.20 Å². The Morgan fingerprint density at radius 1 is 1.67 bits per heavy atom. The minimum atomic E-state index is 0.375. The molecule has 0 atom stereocenters. The lowest BCUT2D eigenvalue weighted by molar-refractivity contribution is -0.0979. The number of H-pyrrole nitrogens is 1. The second-order valence-electron chi connectivity index (χ2n) is 1.09. The summed E-state index contributed by atoms with van der Waals surface area (Å²) in [6.07, 6.45) is 3.80. The van der Waals surface area contributed by atoms with Gasteiger partial charge < -0.3 is 9.78 Å². The molecule has 0 aromatic carbocycles. The van der Waals surface area contributed by atoms with Gasteiger partial charge >= 0.3 is 0 Å². The van der Waals surface area contributed by atoms with Gasteiger partial charge in [-0.1, -0.05) is 0 Å². The molecule has 0 saturated carbocycles. The molecule has 9 heavy (non-hydrogen) atoms. The summed E-state index contributed by atoms with van der Waals surface area (Å²) < 4.78 is 0. The maximum Gasteiger partial charge on any atom is 0.185 e. The Bertz CT molecular complexity index is 159. The predicted molar refractivity (Wildman–Crippen MR) is 31.1 cm³/mol. The third-order valence-corrected chi connectivity index (χ3v) is 0.631. The van der Waals surface area contributed by atoms with Gasteiger partial charge in [-0.25, -0.2) is 4.98 Å². The molecule has 0 amide bonds. The number of carbonyl (C=O) groups is 2. The summed E-state index contributed by atoms with van der Waals surface area (Å²) in [7, 11) is 0. The summed E-state index contributed by atoms with van der Waals surface area (Å²) in [6, 6.07) is 0. The average Bonchev–Trinajstić information content (AvgIpc) is 2.43. The number of carbonyl (C=O) groups excluding carboxylic acids is 2.